The lowest BCUT2D eigenvalue weighted by Crippen LogP contribution is -2.47. The second-order valence-corrected chi connectivity index (χ2v) is 4.74. The van der Waals surface area contributed by atoms with E-state index in [2.05, 4.69) is 4.98 Å². The van der Waals surface area contributed by atoms with Crippen LogP contribution < -0.4 is 5.73 Å². The molecular formula is C12H15N3O. The number of amides is 1. The van der Waals surface area contributed by atoms with Gasteiger partial charge < -0.3 is 10.6 Å². The topological polar surface area (TPSA) is 59.2 Å². The summed E-state index contributed by atoms with van der Waals surface area (Å²) in [6.07, 6.45) is 4.32. The first kappa shape index (κ1) is 9.78. The molecule has 4 heteroatoms. The van der Waals surface area contributed by atoms with Crippen LogP contribution in [0.5, 0.6) is 0 Å². The number of hydrogen-bond acceptors (Lipinski definition) is 3. The second kappa shape index (κ2) is 3.28. The Morgan fingerprint density at radius 3 is 3.06 bits per heavy atom. The third-order valence-corrected chi connectivity index (χ3v) is 3.47. The Hall–Kier alpha value is -1.42. The quantitative estimate of drug-likeness (QED) is 0.743. The maximum atomic E-state index is 12.1. The number of aromatic nitrogens is 1. The van der Waals surface area contributed by atoms with Crippen LogP contribution in [0.2, 0.25) is 0 Å². The fraction of sp³-hybridized carbons (Fsp3) is 0.500. The number of pyridine rings is 1. The number of fused-ring (bicyclic) bond motifs is 1. The van der Waals surface area contributed by atoms with Gasteiger partial charge in [0, 0.05) is 31.4 Å². The summed E-state index contributed by atoms with van der Waals surface area (Å²) in [6.45, 7) is 1.42. The molecule has 0 atom stereocenters. The molecule has 1 aliphatic carbocycles. The first-order valence-electron chi connectivity index (χ1n) is 5.70. The number of hydrogen-bond donors (Lipinski definition) is 1. The Morgan fingerprint density at radius 1 is 1.50 bits per heavy atom. The van der Waals surface area contributed by atoms with Gasteiger partial charge in [0.2, 0.25) is 5.91 Å². The van der Waals surface area contributed by atoms with Crippen LogP contribution in [-0.2, 0) is 17.8 Å². The molecule has 0 spiro atoms. The van der Waals surface area contributed by atoms with E-state index in [1.807, 2.05) is 23.2 Å². The van der Waals surface area contributed by atoms with E-state index in [4.69, 9.17) is 5.73 Å². The van der Waals surface area contributed by atoms with Crippen LogP contribution in [0.25, 0.3) is 0 Å². The predicted octanol–water partition coefficient (Wildman–Crippen LogP) is 0.458. The summed E-state index contributed by atoms with van der Waals surface area (Å²) >= 11 is 0. The monoisotopic (exact) mass is 217 g/mol. The van der Waals surface area contributed by atoms with Crippen LogP contribution in [0, 0.1) is 0 Å². The molecular weight excluding hydrogens is 202 g/mol. The van der Waals surface area contributed by atoms with Gasteiger partial charge in [0.1, 0.15) is 0 Å². The molecule has 0 saturated heterocycles. The van der Waals surface area contributed by atoms with Crippen LogP contribution in [0.15, 0.2) is 18.3 Å². The summed E-state index contributed by atoms with van der Waals surface area (Å²) in [4.78, 5) is 18.3. The van der Waals surface area contributed by atoms with Gasteiger partial charge in [-0.2, -0.15) is 0 Å². The lowest BCUT2D eigenvalue weighted by Gasteiger charge is -2.30. The zero-order valence-corrected chi connectivity index (χ0v) is 9.15. The SMILES string of the molecule is NC1(C(=O)N2CCc3ncccc3C2)CC1. The minimum atomic E-state index is -0.542. The van der Waals surface area contributed by atoms with Gasteiger partial charge in [0.15, 0.2) is 0 Å². The fourth-order valence-electron chi connectivity index (χ4n) is 2.20. The van der Waals surface area contributed by atoms with Crippen LogP contribution in [0.3, 0.4) is 0 Å². The molecule has 0 bridgehead atoms. The van der Waals surface area contributed by atoms with Gasteiger partial charge in [-0.1, -0.05) is 6.07 Å². The number of carbonyl (C=O) groups is 1. The van der Waals surface area contributed by atoms with Crippen molar-refractivity contribution in [2.45, 2.75) is 31.3 Å². The summed E-state index contributed by atoms with van der Waals surface area (Å²) in [5.74, 6) is 0.113. The van der Waals surface area contributed by atoms with Gasteiger partial charge in [-0.05, 0) is 24.5 Å². The van der Waals surface area contributed by atoms with Crippen molar-refractivity contribution < 1.29 is 4.79 Å². The van der Waals surface area contributed by atoms with E-state index in [1.54, 1.807) is 0 Å². The van der Waals surface area contributed by atoms with Crippen molar-refractivity contribution in [3.8, 4) is 0 Å². The van der Waals surface area contributed by atoms with E-state index in [9.17, 15) is 4.79 Å². The van der Waals surface area contributed by atoms with Crippen molar-refractivity contribution in [1.29, 1.82) is 0 Å². The third kappa shape index (κ3) is 1.50. The number of nitrogens with two attached hydrogens (primary N) is 1. The standard InChI is InChI=1S/C12H15N3O/c13-12(4-5-12)11(16)15-7-3-10-9(8-15)2-1-6-14-10/h1-2,6H,3-5,7-8,13H2. The van der Waals surface area contributed by atoms with Gasteiger partial charge in [-0.15, -0.1) is 0 Å². The van der Waals surface area contributed by atoms with Crippen molar-refractivity contribution in [2.75, 3.05) is 6.54 Å². The van der Waals surface area contributed by atoms with Gasteiger partial charge in [0.25, 0.3) is 0 Å². The second-order valence-electron chi connectivity index (χ2n) is 4.74. The minimum Gasteiger partial charge on any atom is -0.336 e. The van der Waals surface area contributed by atoms with E-state index < -0.39 is 5.54 Å². The number of carbonyl (C=O) groups excluding carboxylic acids is 1. The number of rotatable bonds is 1. The molecule has 84 valence electrons. The molecule has 2 heterocycles. The van der Waals surface area contributed by atoms with E-state index >= 15 is 0 Å². The fourth-order valence-corrected chi connectivity index (χ4v) is 2.20. The maximum absolute atomic E-state index is 12.1. The molecule has 1 aliphatic heterocycles. The molecule has 0 unspecified atom stereocenters. The molecule has 1 aromatic heterocycles. The van der Waals surface area contributed by atoms with E-state index in [0.717, 1.165) is 37.1 Å². The van der Waals surface area contributed by atoms with Gasteiger partial charge in [-0.3, -0.25) is 9.78 Å². The zero-order chi connectivity index (χ0) is 11.2. The first-order chi connectivity index (χ1) is 7.69. The molecule has 16 heavy (non-hydrogen) atoms. The zero-order valence-electron chi connectivity index (χ0n) is 9.15. The van der Waals surface area contributed by atoms with Crippen LogP contribution in [0.1, 0.15) is 24.1 Å². The molecule has 1 saturated carbocycles. The molecule has 0 aromatic carbocycles. The van der Waals surface area contributed by atoms with Crippen LogP contribution in [-0.4, -0.2) is 27.9 Å². The van der Waals surface area contributed by atoms with Crippen LogP contribution in [0.4, 0.5) is 0 Å². The van der Waals surface area contributed by atoms with Crippen LogP contribution >= 0.6 is 0 Å². The Morgan fingerprint density at radius 2 is 2.31 bits per heavy atom. The summed E-state index contributed by atoms with van der Waals surface area (Å²) < 4.78 is 0. The lowest BCUT2D eigenvalue weighted by atomic mass is 10.0. The average molecular weight is 217 g/mol. The summed E-state index contributed by atoms with van der Waals surface area (Å²) in [7, 11) is 0. The van der Waals surface area contributed by atoms with Crippen molar-refractivity contribution in [3.05, 3.63) is 29.6 Å². The molecule has 1 aromatic rings. The smallest absolute Gasteiger partial charge is 0.242 e. The Kier molecular flexibility index (Phi) is 2.01. The van der Waals surface area contributed by atoms with Crippen molar-refractivity contribution in [3.63, 3.8) is 0 Å². The molecule has 3 rings (SSSR count). The van der Waals surface area contributed by atoms with E-state index in [1.165, 1.54) is 0 Å². The average Bonchev–Trinajstić information content (AvgIpc) is 3.07. The lowest BCUT2D eigenvalue weighted by molar-refractivity contribution is -0.134. The molecule has 2 N–H and O–H groups in total. The number of nitrogens with zero attached hydrogens (tertiary/aromatic N) is 2. The van der Waals surface area contributed by atoms with Crippen molar-refractivity contribution in [2.24, 2.45) is 5.73 Å². The van der Waals surface area contributed by atoms with Crippen molar-refractivity contribution >= 4 is 5.91 Å². The summed E-state index contributed by atoms with van der Waals surface area (Å²) in [6, 6.07) is 3.96. The van der Waals surface area contributed by atoms with Crippen molar-refractivity contribution in [1.82, 2.24) is 9.88 Å². The van der Waals surface area contributed by atoms with Gasteiger partial charge in [0.05, 0.1) is 5.54 Å². The van der Waals surface area contributed by atoms with Gasteiger partial charge in [-0.25, -0.2) is 0 Å². The normalized spacial score (nSPS) is 21.4. The highest BCUT2D eigenvalue weighted by molar-refractivity contribution is 5.89. The molecule has 2 aliphatic rings. The molecule has 0 radical (unpaired) electrons. The highest BCUT2D eigenvalue weighted by Gasteiger charge is 2.48. The van der Waals surface area contributed by atoms with Gasteiger partial charge >= 0.3 is 0 Å². The van der Waals surface area contributed by atoms with E-state index in [-0.39, 0.29) is 5.91 Å². The largest absolute Gasteiger partial charge is 0.336 e. The van der Waals surface area contributed by atoms with E-state index in [0.29, 0.717) is 6.54 Å². The third-order valence-electron chi connectivity index (χ3n) is 3.47. The summed E-state index contributed by atoms with van der Waals surface area (Å²) in [5.41, 5.74) is 7.67. The first-order valence-corrected chi connectivity index (χ1v) is 5.70. The Labute approximate surface area is 94.5 Å². The molecule has 1 fully saturated rings. The highest BCUT2D eigenvalue weighted by atomic mass is 16.2. The Balaban J connectivity index is 1.80. The highest BCUT2D eigenvalue weighted by Crippen LogP contribution is 2.35. The Bertz CT molecular complexity index is 440. The molecule has 1 amide bonds. The minimum absolute atomic E-state index is 0.113. The predicted molar refractivity (Wildman–Crippen MR) is 59.5 cm³/mol. The maximum Gasteiger partial charge on any atom is 0.242 e. The molecule has 4 nitrogen and oxygen atoms in total. The summed E-state index contributed by atoms with van der Waals surface area (Å²) in [5, 5.41) is 0.